The minimum atomic E-state index is -0.514. The van der Waals surface area contributed by atoms with Crippen molar-refractivity contribution < 1.29 is 13.5 Å². The summed E-state index contributed by atoms with van der Waals surface area (Å²) in [5, 5.41) is 3.42. The number of nitrogens with one attached hydrogen (secondary N) is 1. The predicted molar refractivity (Wildman–Crippen MR) is 86.3 cm³/mol. The van der Waals surface area contributed by atoms with E-state index in [1.807, 2.05) is 0 Å². The van der Waals surface area contributed by atoms with Gasteiger partial charge in [-0.1, -0.05) is 6.07 Å². The Labute approximate surface area is 136 Å². The first kappa shape index (κ1) is 16.8. The minimum Gasteiger partial charge on any atom is -0.377 e. The minimum absolute atomic E-state index is 0.172. The molecule has 0 unspecified atom stereocenters. The van der Waals surface area contributed by atoms with E-state index in [9.17, 15) is 8.78 Å². The number of hydrogen-bond acceptors (Lipinski definition) is 3. The van der Waals surface area contributed by atoms with E-state index in [2.05, 4.69) is 5.32 Å². The second-order valence-electron chi connectivity index (χ2n) is 6.84. The first-order chi connectivity index (χ1) is 11.1. The van der Waals surface area contributed by atoms with Crippen molar-refractivity contribution in [3.63, 3.8) is 0 Å². The summed E-state index contributed by atoms with van der Waals surface area (Å²) < 4.78 is 32.9. The van der Waals surface area contributed by atoms with Crippen molar-refractivity contribution in [3.05, 3.63) is 35.4 Å². The Hall–Kier alpha value is -1.04. The highest BCUT2D eigenvalue weighted by atomic mass is 19.1. The topological polar surface area (TPSA) is 47.3 Å². The average molecular weight is 324 g/mol. The average Bonchev–Trinajstić information content (AvgIpc) is 2.55. The fraction of sp³-hybridized carbons (Fsp3) is 0.667. The van der Waals surface area contributed by atoms with Crippen molar-refractivity contribution in [3.8, 4) is 0 Å². The van der Waals surface area contributed by atoms with Gasteiger partial charge in [0.1, 0.15) is 11.6 Å². The normalized spacial score (nSPS) is 32.0. The van der Waals surface area contributed by atoms with Gasteiger partial charge in [-0.2, -0.15) is 0 Å². The van der Waals surface area contributed by atoms with E-state index in [1.54, 1.807) is 6.07 Å². The lowest BCUT2D eigenvalue weighted by Crippen LogP contribution is -2.52. The molecule has 1 heterocycles. The summed E-state index contributed by atoms with van der Waals surface area (Å²) in [6.07, 6.45) is 6.02. The van der Waals surface area contributed by atoms with Gasteiger partial charge in [-0.3, -0.25) is 0 Å². The highest BCUT2D eigenvalue weighted by Crippen LogP contribution is 2.35. The van der Waals surface area contributed by atoms with Crippen LogP contribution in [0.4, 0.5) is 8.78 Å². The third kappa shape index (κ3) is 4.28. The van der Waals surface area contributed by atoms with E-state index in [4.69, 9.17) is 10.5 Å². The Balaban J connectivity index is 1.46. The van der Waals surface area contributed by atoms with Gasteiger partial charge in [0.2, 0.25) is 0 Å². The summed E-state index contributed by atoms with van der Waals surface area (Å²) in [5.41, 5.74) is 6.75. The maximum absolute atomic E-state index is 13.9. The number of benzene rings is 1. The molecule has 0 bridgehead atoms. The molecule has 2 atom stereocenters. The summed E-state index contributed by atoms with van der Waals surface area (Å²) in [6.45, 7) is 1.67. The zero-order valence-corrected chi connectivity index (χ0v) is 13.4. The van der Waals surface area contributed by atoms with Crippen LogP contribution >= 0.6 is 0 Å². The van der Waals surface area contributed by atoms with Gasteiger partial charge in [0.15, 0.2) is 0 Å². The van der Waals surface area contributed by atoms with Crippen LogP contribution in [0.3, 0.4) is 0 Å². The fourth-order valence-corrected chi connectivity index (χ4v) is 3.77. The van der Waals surface area contributed by atoms with Crippen molar-refractivity contribution in [2.45, 2.75) is 62.6 Å². The molecule has 1 saturated heterocycles. The Morgan fingerprint density at radius 3 is 2.61 bits per heavy atom. The summed E-state index contributed by atoms with van der Waals surface area (Å²) in [5.74, 6) is -0.767. The maximum Gasteiger partial charge on any atom is 0.129 e. The molecule has 1 aliphatic carbocycles. The second kappa shape index (κ2) is 7.69. The Bertz CT molecular complexity index is 518. The van der Waals surface area contributed by atoms with Crippen molar-refractivity contribution >= 4 is 0 Å². The fourth-order valence-electron chi connectivity index (χ4n) is 3.77. The molecule has 3 nitrogen and oxygen atoms in total. The molecular formula is C18H26F2N2O. The van der Waals surface area contributed by atoms with Gasteiger partial charge in [0.25, 0.3) is 0 Å². The van der Waals surface area contributed by atoms with Crippen LogP contribution in [0.5, 0.6) is 0 Å². The van der Waals surface area contributed by atoms with Crippen LogP contribution in [0.2, 0.25) is 0 Å². The van der Waals surface area contributed by atoms with Gasteiger partial charge < -0.3 is 15.8 Å². The van der Waals surface area contributed by atoms with E-state index in [-0.39, 0.29) is 24.1 Å². The number of piperidine rings is 1. The predicted octanol–water partition coefficient (Wildman–Crippen LogP) is 3.09. The number of nitrogens with two attached hydrogens (primary N) is 1. The molecule has 23 heavy (non-hydrogen) atoms. The molecule has 1 aromatic carbocycles. The molecule has 0 spiro atoms. The van der Waals surface area contributed by atoms with Crippen LogP contribution in [0, 0.1) is 11.6 Å². The van der Waals surface area contributed by atoms with Crippen LogP contribution in [-0.4, -0.2) is 31.3 Å². The second-order valence-corrected chi connectivity index (χ2v) is 6.84. The molecule has 1 aromatic rings. The van der Waals surface area contributed by atoms with Crippen molar-refractivity contribution in [1.29, 1.82) is 0 Å². The smallest absolute Gasteiger partial charge is 0.129 e. The standard InChI is InChI=1S/C18H26F2N2O/c19-13-5-8-15(16(20)10-13)12-3-6-14(7-4-12)23-11-18-17(21)2-1-9-22-18/h5,8,10,12,14,17-18,22H,1-4,6-7,9,11,21H2/t12-,14+,17-,18-/m0/s1. The summed E-state index contributed by atoms with van der Waals surface area (Å²) in [6, 6.07) is 4.33. The van der Waals surface area contributed by atoms with Gasteiger partial charge >= 0.3 is 0 Å². The lowest BCUT2D eigenvalue weighted by molar-refractivity contribution is 0.00602. The van der Waals surface area contributed by atoms with E-state index < -0.39 is 11.6 Å². The van der Waals surface area contributed by atoms with Gasteiger partial charge in [-0.25, -0.2) is 8.78 Å². The molecule has 0 radical (unpaired) electrons. The van der Waals surface area contributed by atoms with Gasteiger partial charge in [-0.05, 0) is 62.6 Å². The lowest BCUT2D eigenvalue weighted by Gasteiger charge is -2.33. The first-order valence-corrected chi connectivity index (χ1v) is 8.69. The first-order valence-electron chi connectivity index (χ1n) is 8.69. The molecule has 3 N–H and O–H groups in total. The molecule has 2 aliphatic rings. The molecule has 5 heteroatoms. The van der Waals surface area contributed by atoms with E-state index in [0.29, 0.717) is 12.2 Å². The molecule has 1 aliphatic heterocycles. The van der Waals surface area contributed by atoms with Crippen LogP contribution in [0.25, 0.3) is 0 Å². The van der Waals surface area contributed by atoms with Crippen LogP contribution in [0.15, 0.2) is 18.2 Å². The van der Waals surface area contributed by atoms with Crippen LogP contribution < -0.4 is 11.1 Å². The third-order valence-corrected chi connectivity index (χ3v) is 5.23. The largest absolute Gasteiger partial charge is 0.377 e. The van der Waals surface area contributed by atoms with Crippen molar-refractivity contribution in [2.24, 2.45) is 5.73 Å². The van der Waals surface area contributed by atoms with E-state index in [1.165, 1.54) is 6.07 Å². The lowest BCUT2D eigenvalue weighted by atomic mass is 9.82. The molecule has 0 aromatic heterocycles. The number of hydrogen-bond donors (Lipinski definition) is 2. The van der Waals surface area contributed by atoms with Crippen molar-refractivity contribution in [2.75, 3.05) is 13.2 Å². The Kier molecular flexibility index (Phi) is 5.62. The number of rotatable bonds is 4. The molecule has 0 amide bonds. The number of ether oxygens (including phenoxy) is 1. The van der Waals surface area contributed by atoms with Crippen molar-refractivity contribution in [1.82, 2.24) is 5.32 Å². The highest BCUT2D eigenvalue weighted by Gasteiger charge is 2.27. The summed E-state index contributed by atoms with van der Waals surface area (Å²) >= 11 is 0. The van der Waals surface area contributed by atoms with Gasteiger partial charge in [0, 0.05) is 18.2 Å². The van der Waals surface area contributed by atoms with E-state index in [0.717, 1.165) is 51.1 Å². The SMILES string of the molecule is N[C@H]1CCCN[C@H]1CO[C@H]1CC[C@@H](c2ccc(F)cc2F)CC1. The molecular weight excluding hydrogens is 298 g/mol. The molecule has 3 rings (SSSR count). The quantitative estimate of drug-likeness (QED) is 0.895. The van der Waals surface area contributed by atoms with Gasteiger partial charge in [0.05, 0.1) is 12.7 Å². The summed E-state index contributed by atoms with van der Waals surface area (Å²) in [4.78, 5) is 0. The number of halogens is 2. The van der Waals surface area contributed by atoms with Crippen LogP contribution in [0.1, 0.15) is 50.0 Å². The highest BCUT2D eigenvalue weighted by molar-refractivity contribution is 5.23. The Morgan fingerprint density at radius 2 is 1.91 bits per heavy atom. The molecule has 2 fully saturated rings. The monoisotopic (exact) mass is 324 g/mol. The van der Waals surface area contributed by atoms with Gasteiger partial charge in [-0.15, -0.1) is 0 Å². The van der Waals surface area contributed by atoms with Crippen LogP contribution in [-0.2, 0) is 4.74 Å². The molecule has 1 saturated carbocycles. The third-order valence-electron chi connectivity index (χ3n) is 5.23. The summed E-state index contributed by atoms with van der Waals surface area (Å²) in [7, 11) is 0. The molecule has 128 valence electrons. The Morgan fingerprint density at radius 1 is 1.13 bits per heavy atom. The zero-order chi connectivity index (χ0) is 16.2. The zero-order valence-electron chi connectivity index (χ0n) is 13.4. The maximum atomic E-state index is 13.9. The van der Waals surface area contributed by atoms with E-state index >= 15 is 0 Å².